The molecule has 1 unspecified atom stereocenters. The third-order valence-corrected chi connectivity index (χ3v) is 3.99. The molecule has 0 aromatic carbocycles. The fraction of sp³-hybridized carbons (Fsp3) is 0.588. The van der Waals surface area contributed by atoms with Crippen LogP contribution in [0.5, 0.6) is 0 Å². The van der Waals surface area contributed by atoms with E-state index >= 15 is 0 Å². The number of nitrogens with zero attached hydrogens (tertiary/aromatic N) is 2. The van der Waals surface area contributed by atoms with E-state index in [0.717, 1.165) is 37.5 Å². The van der Waals surface area contributed by atoms with E-state index in [1.807, 2.05) is 13.1 Å². The largest absolute Gasteiger partial charge is 0.466 e. The maximum atomic E-state index is 5.83. The van der Waals surface area contributed by atoms with Gasteiger partial charge in [0.2, 0.25) is 0 Å². The number of aryl methyl sites for hydroxylation is 3. The zero-order valence-corrected chi connectivity index (χ0v) is 13.9. The van der Waals surface area contributed by atoms with Gasteiger partial charge in [0.05, 0.1) is 11.7 Å². The van der Waals surface area contributed by atoms with Gasteiger partial charge in [0, 0.05) is 18.3 Å². The second kappa shape index (κ2) is 6.94. The first-order valence-corrected chi connectivity index (χ1v) is 7.91. The van der Waals surface area contributed by atoms with Gasteiger partial charge in [-0.05, 0) is 51.8 Å². The lowest BCUT2D eigenvalue weighted by Crippen LogP contribution is -2.26. The van der Waals surface area contributed by atoms with Crippen LogP contribution in [-0.2, 0) is 6.54 Å². The van der Waals surface area contributed by atoms with E-state index in [1.54, 1.807) is 0 Å². The van der Waals surface area contributed by atoms with Crippen LogP contribution >= 0.6 is 0 Å². The summed E-state index contributed by atoms with van der Waals surface area (Å²) >= 11 is 0. The molecule has 0 fully saturated rings. The lowest BCUT2D eigenvalue weighted by molar-refractivity contribution is 0.481. The second-order valence-corrected chi connectivity index (χ2v) is 5.62. The molecule has 4 nitrogen and oxygen atoms in total. The SMILES string of the molecule is CCCNC(c1c(C)oc(C)c1C)c1ccnn1CCC. The minimum absolute atomic E-state index is 0.149. The van der Waals surface area contributed by atoms with E-state index in [2.05, 4.69) is 48.9 Å². The fourth-order valence-corrected chi connectivity index (χ4v) is 2.86. The molecule has 2 rings (SSSR count). The summed E-state index contributed by atoms with van der Waals surface area (Å²) in [6, 6.07) is 2.26. The molecule has 0 spiro atoms. The smallest absolute Gasteiger partial charge is 0.106 e. The Morgan fingerprint density at radius 3 is 2.52 bits per heavy atom. The Kier molecular flexibility index (Phi) is 5.23. The quantitative estimate of drug-likeness (QED) is 0.840. The van der Waals surface area contributed by atoms with Crippen molar-refractivity contribution in [1.82, 2.24) is 15.1 Å². The normalized spacial score (nSPS) is 12.8. The summed E-state index contributed by atoms with van der Waals surface area (Å²) in [5.41, 5.74) is 3.72. The standard InChI is InChI=1S/C17H27N3O/c1-6-9-18-17(15-8-10-19-20(15)11-7-2)16-12(3)13(4)21-14(16)5/h8,10,17-18H,6-7,9,11H2,1-5H3. The molecule has 116 valence electrons. The van der Waals surface area contributed by atoms with Crippen LogP contribution in [-0.4, -0.2) is 16.3 Å². The van der Waals surface area contributed by atoms with E-state index in [9.17, 15) is 0 Å². The molecule has 0 saturated heterocycles. The van der Waals surface area contributed by atoms with Crippen molar-refractivity contribution < 1.29 is 4.42 Å². The predicted octanol–water partition coefficient (Wildman–Crippen LogP) is 3.90. The van der Waals surface area contributed by atoms with E-state index in [1.165, 1.54) is 16.8 Å². The number of hydrogen-bond acceptors (Lipinski definition) is 3. The van der Waals surface area contributed by atoms with Crippen molar-refractivity contribution in [2.45, 2.75) is 60.0 Å². The summed E-state index contributed by atoms with van der Waals surface area (Å²) in [7, 11) is 0. The zero-order chi connectivity index (χ0) is 15.4. The van der Waals surface area contributed by atoms with Gasteiger partial charge < -0.3 is 9.73 Å². The molecular weight excluding hydrogens is 262 g/mol. The Hall–Kier alpha value is -1.55. The van der Waals surface area contributed by atoms with Gasteiger partial charge in [0.15, 0.2) is 0 Å². The molecule has 0 radical (unpaired) electrons. The summed E-state index contributed by atoms with van der Waals surface area (Å²) in [6.45, 7) is 12.5. The Morgan fingerprint density at radius 1 is 1.19 bits per heavy atom. The number of hydrogen-bond donors (Lipinski definition) is 1. The molecule has 0 bridgehead atoms. The molecule has 4 heteroatoms. The molecular formula is C17H27N3O. The van der Waals surface area contributed by atoms with Gasteiger partial charge in [0.1, 0.15) is 11.5 Å². The van der Waals surface area contributed by atoms with Crippen LogP contribution in [0.15, 0.2) is 16.7 Å². The van der Waals surface area contributed by atoms with Crippen LogP contribution in [0, 0.1) is 20.8 Å². The van der Waals surface area contributed by atoms with Crippen LogP contribution in [0.4, 0.5) is 0 Å². The molecule has 21 heavy (non-hydrogen) atoms. The van der Waals surface area contributed by atoms with Crippen LogP contribution in [0.1, 0.15) is 61.1 Å². The van der Waals surface area contributed by atoms with Gasteiger partial charge >= 0.3 is 0 Å². The Balaban J connectivity index is 2.45. The molecule has 0 amide bonds. The molecule has 2 heterocycles. The highest BCUT2D eigenvalue weighted by molar-refractivity contribution is 5.38. The third kappa shape index (κ3) is 3.21. The van der Waals surface area contributed by atoms with Crippen molar-refractivity contribution in [3.63, 3.8) is 0 Å². The predicted molar refractivity (Wildman–Crippen MR) is 85.6 cm³/mol. The number of nitrogens with one attached hydrogen (secondary N) is 1. The van der Waals surface area contributed by atoms with Gasteiger partial charge in [-0.15, -0.1) is 0 Å². The zero-order valence-electron chi connectivity index (χ0n) is 13.9. The highest BCUT2D eigenvalue weighted by atomic mass is 16.3. The summed E-state index contributed by atoms with van der Waals surface area (Å²) in [4.78, 5) is 0. The third-order valence-electron chi connectivity index (χ3n) is 3.99. The van der Waals surface area contributed by atoms with Crippen molar-refractivity contribution in [3.8, 4) is 0 Å². The van der Waals surface area contributed by atoms with Crippen molar-refractivity contribution in [1.29, 1.82) is 0 Å². The minimum Gasteiger partial charge on any atom is -0.466 e. The van der Waals surface area contributed by atoms with E-state index in [0.29, 0.717) is 0 Å². The van der Waals surface area contributed by atoms with Crippen molar-refractivity contribution in [2.24, 2.45) is 0 Å². The van der Waals surface area contributed by atoms with Crippen molar-refractivity contribution in [2.75, 3.05) is 6.54 Å². The van der Waals surface area contributed by atoms with Gasteiger partial charge in [-0.2, -0.15) is 5.10 Å². The minimum atomic E-state index is 0.149. The van der Waals surface area contributed by atoms with Crippen molar-refractivity contribution >= 4 is 0 Å². The van der Waals surface area contributed by atoms with Gasteiger partial charge in [-0.3, -0.25) is 4.68 Å². The maximum absolute atomic E-state index is 5.83. The van der Waals surface area contributed by atoms with Crippen LogP contribution in [0.25, 0.3) is 0 Å². The molecule has 0 aliphatic heterocycles. The Morgan fingerprint density at radius 2 is 1.95 bits per heavy atom. The number of furan rings is 1. The second-order valence-electron chi connectivity index (χ2n) is 5.62. The summed E-state index contributed by atoms with van der Waals surface area (Å²) in [5.74, 6) is 2.01. The van der Waals surface area contributed by atoms with Crippen molar-refractivity contribution in [3.05, 3.63) is 40.6 Å². The van der Waals surface area contributed by atoms with E-state index in [4.69, 9.17) is 4.42 Å². The van der Waals surface area contributed by atoms with E-state index in [-0.39, 0.29) is 6.04 Å². The van der Waals surface area contributed by atoms with Crippen LogP contribution in [0.3, 0.4) is 0 Å². The summed E-state index contributed by atoms with van der Waals surface area (Å²) < 4.78 is 7.94. The first-order valence-electron chi connectivity index (χ1n) is 7.91. The number of aromatic nitrogens is 2. The Labute approximate surface area is 127 Å². The molecule has 0 aliphatic rings. The van der Waals surface area contributed by atoms with Gasteiger partial charge in [0.25, 0.3) is 0 Å². The van der Waals surface area contributed by atoms with E-state index < -0.39 is 0 Å². The highest BCUT2D eigenvalue weighted by Crippen LogP contribution is 2.31. The molecule has 1 N–H and O–H groups in total. The lowest BCUT2D eigenvalue weighted by Gasteiger charge is -2.21. The van der Waals surface area contributed by atoms with Gasteiger partial charge in [-0.1, -0.05) is 13.8 Å². The average Bonchev–Trinajstić information content (AvgIpc) is 2.99. The molecule has 0 aliphatic carbocycles. The molecule has 2 aromatic heterocycles. The molecule has 1 atom stereocenters. The Bertz CT molecular complexity index is 583. The first kappa shape index (κ1) is 15.8. The van der Waals surface area contributed by atoms with Crippen LogP contribution < -0.4 is 5.32 Å². The topological polar surface area (TPSA) is 43.0 Å². The van der Waals surface area contributed by atoms with Crippen LogP contribution in [0.2, 0.25) is 0 Å². The summed E-state index contributed by atoms with van der Waals surface area (Å²) in [6.07, 6.45) is 4.08. The maximum Gasteiger partial charge on any atom is 0.106 e. The molecule has 0 saturated carbocycles. The number of rotatable bonds is 7. The fourth-order valence-electron chi connectivity index (χ4n) is 2.86. The highest BCUT2D eigenvalue weighted by Gasteiger charge is 2.24. The van der Waals surface area contributed by atoms with Gasteiger partial charge in [-0.25, -0.2) is 0 Å². The molecule has 2 aromatic rings. The monoisotopic (exact) mass is 289 g/mol. The first-order chi connectivity index (χ1) is 10.1. The lowest BCUT2D eigenvalue weighted by atomic mass is 9.99. The summed E-state index contributed by atoms with van der Waals surface area (Å²) in [5, 5.41) is 8.13. The average molecular weight is 289 g/mol.